The van der Waals surface area contributed by atoms with Gasteiger partial charge in [-0.25, -0.2) is 4.79 Å². The molecule has 34 heavy (non-hydrogen) atoms. The Bertz CT molecular complexity index is 1020. The zero-order chi connectivity index (χ0) is 24.7. The molecule has 5 rings (SSSR count). The van der Waals surface area contributed by atoms with Gasteiger partial charge in [0.25, 0.3) is 0 Å². The lowest BCUT2D eigenvalue weighted by molar-refractivity contribution is -0.226. The highest BCUT2D eigenvalue weighted by Crippen LogP contribution is 2.73. The van der Waals surface area contributed by atoms with Crippen LogP contribution in [0, 0.1) is 33.5 Å². The first-order valence-corrected chi connectivity index (χ1v) is 12.7. The largest absolute Gasteiger partial charge is 0.472 e. The Labute approximate surface area is 202 Å². The Morgan fingerprint density at radius 1 is 1.12 bits per heavy atom. The van der Waals surface area contributed by atoms with Gasteiger partial charge in [0.1, 0.15) is 12.2 Å². The van der Waals surface area contributed by atoms with Crippen LogP contribution in [0.5, 0.6) is 0 Å². The van der Waals surface area contributed by atoms with Gasteiger partial charge in [0, 0.05) is 29.4 Å². The fraction of sp³-hybridized carbons (Fsp3) is 0.714. The van der Waals surface area contributed by atoms with E-state index in [1.807, 2.05) is 6.07 Å². The third-order valence-electron chi connectivity index (χ3n) is 10.5. The lowest BCUT2D eigenvalue weighted by Crippen LogP contribution is -2.66. The van der Waals surface area contributed by atoms with Crippen molar-refractivity contribution in [2.45, 2.75) is 92.0 Å². The van der Waals surface area contributed by atoms with E-state index in [9.17, 15) is 14.7 Å². The molecule has 6 heteroatoms. The number of esters is 2. The van der Waals surface area contributed by atoms with E-state index >= 15 is 0 Å². The van der Waals surface area contributed by atoms with Crippen molar-refractivity contribution < 1.29 is 28.6 Å². The summed E-state index contributed by atoms with van der Waals surface area (Å²) >= 11 is 0. The summed E-state index contributed by atoms with van der Waals surface area (Å²) in [6, 6.07) is 1.87. The standard InChI is InChI=1S/C28H38O6/c1-16(29)33-22-13-19-25(2,3)21(30)8-11-26(19,4)18-7-10-27(5)20(28(18,22)6)14-23(31)34-24(27)17-9-12-32-15-17/h9,12,14-15,18-19,21-22,24,30H,7-8,10-11,13H2,1-6H3/t18?,19-,21-,22+,24-,26+,27+,28+/m0/s1. The van der Waals surface area contributed by atoms with Gasteiger partial charge in [-0.2, -0.15) is 0 Å². The first kappa shape index (κ1) is 23.7. The maximum atomic E-state index is 12.9. The number of hydrogen-bond donors (Lipinski definition) is 1. The third-order valence-corrected chi connectivity index (χ3v) is 10.5. The van der Waals surface area contributed by atoms with Gasteiger partial charge >= 0.3 is 11.9 Å². The van der Waals surface area contributed by atoms with Crippen molar-refractivity contribution in [3.8, 4) is 0 Å². The fourth-order valence-electron chi connectivity index (χ4n) is 8.84. The van der Waals surface area contributed by atoms with Crippen LogP contribution in [0.3, 0.4) is 0 Å². The summed E-state index contributed by atoms with van der Waals surface area (Å²) in [7, 11) is 0. The molecule has 4 aliphatic rings. The van der Waals surface area contributed by atoms with E-state index in [0.717, 1.165) is 36.8 Å². The summed E-state index contributed by atoms with van der Waals surface area (Å²) in [6.07, 6.45) is 7.93. The summed E-state index contributed by atoms with van der Waals surface area (Å²) < 4.78 is 17.4. The van der Waals surface area contributed by atoms with Crippen molar-refractivity contribution in [1.29, 1.82) is 0 Å². The molecule has 2 heterocycles. The number of cyclic esters (lactones) is 1. The summed E-state index contributed by atoms with van der Waals surface area (Å²) in [5.74, 6) is -0.240. The predicted octanol–water partition coefficient (Wildman–Crippen LogP) is 5.37. The number of hydrogen-bond acceptors (Lipinski definition) is 6. The first-order chi connectivity index (χ1) is 15.8. The van der Waals surface area contributed by atoms with Crippen LogP contribution in [0.25, 0.3) is 0 Å². The van der Waals surface area contributed by atoms with E-state index in [4.69, 9.17) is 13.9 Å². The van der Waals surface area contributed by atoms with Crippen LogP contribution in [-0.4, -0.2) is 29.3 Å². The number of aliphatic hydroxyl groups excluding tert-OH is 1. The highest BCUT2D eigenvalue weighted by atomic mass is 16.6. The number of carbonyl (C=O) groups is 2. The molecule has 0 saturated heterocycles. The minimum absolute atomic E-state index is 0.0389. The van der Waals surface area contributed by atoms with Crippen molar-refractivity contribution in [2.75, 3.05) is 0 Å². The van der Waals surface area contributed by atoms with Gasteiger partial charge in [0.15, 0.2) is 0 Å². The van der Waals surface area contributed by atoms with Crippen LogP contribution in [0.4, 0.5) is 0 Å². The zero-order valence-corrected chi connectivity index (χ0v) is 21.2. The van der Waals surface area contributed by atoms with Crippen molar-refractivity contribution in [3.63, 3.8) is 0 Å². The molecule has 1 aromatic heterocycles. The summed E-state index contributed by atoms with van der Waals surface area (Å²) in [5.41, 5.74) is 0.635. The molecule has 1 aliphatic heterocycles. The van der Waals surface area contributed by atoms with Gasteiger partial charge in [0.2, 0.25) is 0 Å². The second kappa shape index (κ2) is 7.46. The molecule has 0 radical (unpaired) electrons. The molecule has 6 nitrogen and oxygen atoms in total. The Balaban J connectivity index is 1.67. The lowest BCUT2D eigenvalue weighted by Gasteiger charge is -2.69. The summed E-state index contributed by atoms with van der Waals surface area (Å²) in [6.45, 7) is 12.5. The molecule has 1 aromatic rings. The number of rotatable bonds is 2. The number of aliphatic hydroxyl groups is 1. The SMILES string of the molecule is CC(=O)O[C@@H]1C[C@H]2C(C)(C)[C@@H](O)CC[C@]2(C)C2CC[C@]3(C)C(=CC(=O)O[C@H]3c3ccoc3)[C@@]21C. The fourth-order valence-corrected chi connectivity index (χ4v) is 8.84. The number of ether oxygens (including phenoxy) is 2. The zero-order valence-electron chi connectivity index (χ0n) is 21.2. The normalized spacial score (nSPS) is 45.2. The maximum absolute atomic E-state index is 12.9. The average molecular weight is 471 g/mol. The van der Waals surface area contributed by atoms with E-state index in [1.54, 1.807) is 18.6 Å². The summed E-state index contributed by atoms with van der Waals surface area (Å²) in [4.78, 5) is 25.3. The highest BCUT2D eigenvalue weighted by Gasteiger charge is 2.69. The van der Waals surface area contributed by atoms with Gasteiger partial charge in [-0.3, -0.25) is 4.79 Å². The predicted molar refractivity (Wildman–Crippen MR) is 125 cm³/mol. The van der Waals surface area contributed by atoms with Crippen LogP contribution < -0.4 is 0 Å². The van der Waals surface area contributed by atoms with Gasteiger partial charge in [0.05, 0.1) is 18.6 Å². The summed E-state index contributed by atoms with van der Waals surface area (Å²) in [5, 5.41) is 10.9. The topological polar surface area (TPSA) is 86.0 Å². The van der Waals surface area contributed by atoms with Crippen LogP contribution >= 0.6 is 0 Å². The molecule has 0 bridgehead atoms. The molecule has 0 amide bonds. The van der Waals surface area contributed by atoms with Crippen molar-refractivity contribution in [2.24, 2.45) is 33.5 Å². The minimum Gasteiger partial charge on any atom is -0.472 e. The number of fused-ring (bicyclic) bond motifs is 5. The van der Waals surface area contributed by atoms with E-state index in [1.165, 1.54) is 6.92 Å². The molecule has 1 N–H and O–H groups in total. The number of furan rings is 1. The smallest absolute Gasteiger partial charge is 0.331 e. The molecule has 0 aromatic carbocycles. The Kier molecular flexibility index (Phi) is 5.19. The lowest BCUT2D eigenvalue weighted by atomic mass is 9.36. The molecule has 0 spiro atoms. The Morgan fingerprint density at radius 2 is 1.85 bits per heavy atom. The van der Waals surface area contributed by atoms with E-state index in [0.29, 0.717) is 6.42 Å². The highest BCUT2D eigenvalue weighted by molar-refractivity contribution is 5.85. The molecular formula is C28H38O6. The molecule has 3 aliphatic carbocycles. The van der Waals surface area contributed by atoms with Gasteiger partial charge in [-0.05, 0) is 66.4 Å². The van der Waals surface area contributed by atoms with Crippen LogP contribution in [0.2, 0.25) is 0 Å². The minimum atomic E-state index is -0.510. The Hall–Kier alpha value is -2.08. The van der Waals surface area contributed by atoms with Crippen molar-refractivity contribution >= 4 is 11.9 Å². The monoisotopic (exact) mass is 470 g/mol. The molecule has 186 valence electrons. The average Bonchev–Trinajstić information content (AvgIpc) is 3.28. The van der Waals surface area contributed by atoms with Gasteiger partial charge in [-0.1, -0.05) is 34.6 Å². The molecular weight excluding hydrogens is 432 g/mol. The van der Waals surface area contributed by atoms with Gasteiger partial charge < -0.3 is 19.0 Å². The molecule has 1 unspecified atom stereocenters. The van der Waals surface area contributed by atoms with Gasteiger partial charge in [-0.15, -0.1) is 0 Å². The number of carbonyl (C=O) groups excluding carboxylic acids is 2. The Morgan fingerprint density at radius 3 is 2.50 bits per heavy atom. The quantitative estimate of drug-likeness (QED) is 0.585. The van der Waals surface area contributed by atoms with E-state index < -0.39 is 16.9 Å². The van der Waals surface area contributed by atoms with E-state index in [-0.39, 0.29) is 46.8 Å². The van der Waals surface area contributed by atoms with Crippen molar-refractivity contribution in [1.82, 2.24) is 0 Å². The second-order valence-corrected chi connectivity index (χ2v) is 12.5. The molecule has 3 saturated carbocycles. The maximum Gasteiger partial charge on any atom is 0.331 e. The van der Waals surface area contributed by atoms with Crippen molar-refractivity contribution in [3.05, 3.63) is 35.8 Å². The molecule has 3 fully saturated rings. The first-order valence-electron chi connectivity index (χ1n) is 12.7. The molecule has 8 atom stereocenters. The van der Waals surface area contributed by atoms with E-state index in [2.05, 4.69) is 34.6 Å². The third kappa shape index (κ3) is 3.03. The second-order valence-electron chi connectivity index (χ2n) is 12.5. The van der Waals surface area contributed by atoms with Crippen LogP contribution in [-0.2, 0) is 19.1 Å². The van der Waals surface area contributed by atoms with Crippen LogP contribution in [0.15, 0.2) is 34.7 Å². The van der Waals surface area contributed by atoms with Crippen LogP contribution in [0.1, 0.15) is 85.3 Å².